The van der Waals surface area contributed by atoms with E-state index in [1.165, 1.54) is 16.3 Å². The van der Waals surface area contributed by atoms with E-state index < -0.39 is 0 Å². The summed E-state index contributed by atoms with van der Waals surface area (Å²) in [5, 5.41) is 4.74. The highest BCUT2D eigenvalue weighted by Gasteiger charge is 2.18. The van der Waals surface area contributed by atoms with Crippen molar-refractivity contribution in [2.75, 3.05) is 0 Å². The van der Waals surface area contributed by atoms with Gasteiger partial charge in [-0.1, -0.05) is 60.7 Å². The molecule has 44 heavy (non-hydrogen) atoms. The lowest BCUT2D eigenvalue weighted by Gasteiger charge is -2.11. The van der Waals surface area contributed by atoms with E-state index in [-0.39, 0.29) is 0 Å². The number of aromatic amines is 1. The first-order chi connectivity index (χ1) is 21.8. The summed E-state index contributed by atoms with van der Waals surface area (Å²) in [4.78, 5) is 22.9. The van der Waals surface area contributed by atoms with Gasteiger partial charge in [0, 0.05) is 45.0 Å². The lowest BCUT2D eigenvalue weighted by atomic mass is 10.0. The lowest BCUT2D eigenvalue weighted by Crippen LogP contribution is -2.04. The molecule has 9 rings (SSSR count). The molecule has 0 amide bonds. The minimum atomic E-state index is 0.577. The molecule has 0 aliphatic heterocycles. The summed E-state index contributed by atoms with van der Waals surface area (Å²) in [6.07, 6.45) is 3.57. The Hall–Kier alpha value is -6.14. The first-order valence-electron chi connectivity index (χ1n) is 14.6. The van der Waals surface area contributed by atoms with Gasteiger partial charge in [-0.3, -0.25) is 14.5 Å². The van der Waals surface area contributed by atoms with Crippen LogP contribution in [0.4, 0.5) is 0 Å². The van der Waals surface area contributed by atoms with Crippen LogP contribution in [0.15, 0.2) is 140 Å². The van der Waals surface area contributed by atoms with Gasteiger partial charge in [-0.15, -0.1) is 0 Å². The van der Waals surface area contributed by atoms with Crippen LogP contribution in [0.5, 0.6) is 0 Å². The highest BCUT2D eigenvalue weighted by molar-refractivity contribution is 6.11. The van der Waals surface area contributed by atoms with Crippen molar-refractivity contribution in [2.24, 2.45) is 0 Å². The number of nitrogens with one attached hydrogen (secondary N) is 1. The quantitative estimate of drug-likeness (QED) is 0.232. The van der Waals surface area contributed by atoms with Gasteiger partial charge < -0.3 is 4.98 Å². The third-order valence-electron chi connectivity index (χ3n) is 8.28. The van der Waals surface area contributed by atoms with Crippen LogP contribution in [0.1, 0.15) is 0 Å². The molecule has 0 atom stereocenters. The molecule has 0 spiro atoms. The number of aromatic nitrogens is 6. The van der Waals surface area contributed by atoms with Gasteiger partial charge in [-0.05, 0) is 77.9 Å². The molecule has 0 saturated heterocycles. The van der Waals surface area contributed by atoms with E-state index in [9.17, 15) is 0 Å². The normalized spacial score (nSPS) is 11.6. The largest absolute Gasteiger partial charge is 0.355 e. The molecule has 0 aliphatic carbocycles. The lowest BCUT2D eigenvalue weighted by molar-refractivity contribution is 0.988. The van der Waals surface area contributed by atoms with E-state index in [2.05, 4.69) is 104 Å². The number of nitrogens with zero attached hydrogens (tertiary/aromatic N) is 5. The second-order valence-corrected chi connectivity index (χ2v) is 10.9. The summed E-state index contributed by atoms with van der Waals surface area (Å²) in [7, 11) is 0. The fourth-order valence-corrected chi connectivity index (χ4v) is 6.22. The van der Waals surface area contributed by atoms with Crippen LogP contribution < -0.4 is 0 Å². The third kappa shape index (κ3) is 3.89. The first-order valence-corrected chi connectivity index (χ1v) is 14.6. The fourth-order valence-electron chi connectivity index (χ4n) is 6.22. The molecule has 1 N–H and O–H groups in total. The summed E-state index contributed by atoms with van der Waals surface area (Å²) in [6, 6.07) is 43.9. The van der Waals surface area contributed by atoms with Gasteiger partial charge in [0.15, 0.2) is 0 Å². The zero-order valence-electron chi connectivity index (χ0n) is 23.5. The molecule has 9 aromatic rings. The fraction of sp³-hybridized carbons (Fsp3) is 0. The van der Waals surface area contributed by atoms with Gasteiger partial charge in [-0.25, -0.2) is 9.97 Å². The average molecular weight is 565 g/mol. The number of para-hydroxylation sites is 2. The third-order valence-corrected chi connectivity index (χ3v) is 8.28. The molecule has 206 valence electrons. The molecule has 4 aromatic carbocycles. The Morgan fingerprint density at radius 3 is 1.75 bits per heavy atom. The van der Waals surface area contributed by atoms with Crippen LogP contribution in [0, 0.1) is 0 Å². The first kappa shape index (κ1) is 24.5. The molecule has 0 saturated carbocycles. The monoisotopic (exact) mass is 564 g/mol. The van der Waals surface area contributed by atoms with Crippen molar-refractivity contribution in [3.8, 4) is 39.9 Å². The van der Waals surface area contributed by atoms with Crippen LogP contribution in [0.2, 0.25) is 0 Å². The number of pyridine rings is 2. The summed E-state index contributed by atoms with van der Waals surface area (Å²) in [6.45, 7) is 0. The number of H-pyrrole nitrogens is 1. The van der Waals surface area contributed by atoms with Gasteiger partial charge in [0.1, 0.15) is 0 Å². The van der Waals surface area contributed by atoms with Crippen molar-refractivity contribution in [3.05, 3.63) is 140 Å². The molecule has 5 aromatic heterocycles. The maximum absolute atomic E-state index is 5.07. The molecule has 0 aliphatic rings. The number of rotatable bonds is 4. The molecular formula is C38H24N6. The summed E-state index contributed by atoms with van der Waals surface area (Å²) >= 11 is 0. The van der Waals surface area contributed by atoms with Crippen molar-refractivity contribution >= 4 is 43.6 Å². The van der Waals surface area contributed by atoms with Crippen molar-refractivity contribution in [1.82, 2.24) is 29.5 Å². The minimum absolute atomic E-state index is 0.577. The zero-order chi connectivity index (χ0) is 29.0. The van der Waals surface area contributed by atoms with Gasteiger partial charge in [0.2, 0.25) is 5.95 Å². The average Bonchev–Trinajstić information content (AvgIpc) is 3.64. The van der Waals surface area contributed by atoms with E-state index >= 15 is 0 Å². The topological polar surface area (TPSA) is 72.3 Å². The highest BCUT2D eigenvalue weighted by Crippen LogP contribution is 2.36. The molecule has 0 radical (unpaired) electrons. The SMILES string of the molecule is c1ccc(-c2cc(-c3ccccn3)nc(-n3c4ccccc4c4cc(-c5ccc6[nH]c7ccccc7c6c5)ccc43)n2)nc1. The molecule has 0 fully saturated rings. The Balaban J connectivity index is 1.27. The van der Waals surface area contributed by atoms with E-state index in [1.54, 1.807) is 12.4 Å². The van der Waals surface area contributed by atoms with Crippen LogP contribution in [0.3, 0.4) is 0 Å². The van der Waals surface area contributed by atoms with Gasteiger partial charge >= 0.3 is 0 Å². The van der Waals surface area contributed by atoms with Crippen molar-refractivity contribution < 1.29 is 0 Å². The summed E-state index contributed by atoms with van der Waals surface area (Å²) in [5.41, 5.74) is 9.74. The van der Waals surface area contributed by atoms with Crippen molar-refractivity contribution in [3.63, 3.8) is 0 Å². The number of fused-ring (bicyclic) bond motifs is 6. The molecule has 6 nitrogen and oxygen atoms in total. The van der Waals surface area contributed by atoms with Crippen molar-refractivity contribution in [1.29, 1.82) is 0 Å². The molecule has 0 unspecified atom stereocenters. The molecule has 6 heteroatoms. The number of hydrogen-bond donors (Lipinski definition) is 1. The second kappa shape index (κ2) is 9.71. The Bertz CT molecular complexity index is 2440. The maximum Gasteiger partial charge on any atom is 0.235 e. The Labute approximate surface area is 252 Å². The van der Waals surface area contributed by atoms with Gasteiger partial charge in [-0.2, -0.15) is 0 Å². The van der Waals surface area contributed by atoms with Gasteiger partial charge in [0.05, 0.1) is 33.8 Å². The predicted molar refractivity (Wildman–Crippen MR) is 178 cm³/mol. The van der Waals surface area contributed by atoms with Crippen LogP contribution in [-0.2, 0) is 0 Å². The van der Waals surface area contributed by atoms with Crippen LogP contribution >= 0.6 is 0 Å². The minimum Gasteiger partial charge on any atom is -0.355 e. The molecule has 0 bridgehead atoms. The number of benzene rings is 4. The standard InChI is InChI=1S/C38H24N6/c1-3-11-30-26(9-1)28-21-24(15-17-31(28)41-30)25-16-18-37-29(22-25)27-10-2-4-14-36(27)44(37)38-42-34(32-12-5-7-19-39-32)23-35(43-38)33-13-6-8-20-40-33/h1-23,41H. The van der Waals surface area contributed by atoms with Crippen molar-refractivity contribution in [2.45, 2.75) is 0 Å². The van der Waals surface area contributed by atoms with Gasteiger partial charge in [0.25, 0.3) is 0 Å². The Kier molecular flexibility index (Phi) is 5.40. The second-order valence-electron chi connectivity index (χ2n) is 10.9. The highest BCUT2D eigenvalue weighted by atomic mass is 15.2. The maximum atomic E-state index is 5.07. The van der Waals surface area contributed by atoms with E-state index in [1.807, 2.05) is 42.5 Å². The summed E-state index contributed by atoms with van der Waals surface area (Å²) in [5.74, 6) is 0.577. The van der Waals surface area contributed by atoms with Crippen LogP contribution in [-0.4, -0.2) is 29.5 Å². The molecular weight excluding hydrogens is 540 g/mol. The Morgan fingerprint density at radius 1 is 0.432 bits per heavy atom. The van der Waals surface area contributed by atoms with E-state index in [0.717, 1.165) is 61.2 Å². The van der Waals surface area contributed by atoms with E-state index in [4.69, 9.17) is 9.97 Å². The summed E-state index contributed by atoms with van der Waals surface area (Å²) < 4.78 is 2.15. The smallest absolute Gasteiger partial charge is 0.235 e. The Morgan fingerprint density at radius 2 is 1.02 bits per heavy atom. The van der Waals surface area contributed by atoms with E-state index in [0.29, 0.717) is 5.95 Å². The van der Waals surface area contributed by atoms with Crippen LogP contribution in [0.25, 0.3) is 83.5 Å². The predicted octanol–water partition coefficient (Wildman–Crippen LogP) is 9.00. The molecule has 5 heterocycles. The number of hydrogen-bond acceptors (Lipinski definition) is 4. The zero-order valence-corrected chi connectivity index (χ0v) is 23.5.